The monoisotopic (exact) mass is 330 g/mol. The van der Waals surface area contributed by atoms with Gasteiger partial charge in [0.15, 0.2) is 0 Å². The molecule has 6 heteroatoms. The van der Waals surface area contributed by atoms with Crippen LogP contribution in [0.4, 0.5) is 4.79 Å². The molecule has 0 saturated heterocycles. The van der Waals surface area contributed by atoms with Gasteiger partial charge in [-0.1, -0.05) is 18.2 Å². The van der Waals surface area contributed by atoms with Crippen molar-refractivity contribution in [2.24, 2.45) is 5.92 Å². The van der Waals surface area contributed by atoms with Crippen molar-refractivity contribution in [1.29, 1.82) is 0 Å². The van der Waals surface area contributed by atoms with Crippen LogP contribution >= 0.6 is 0 Å². The lowest BCUT2D eigenvalue weighted by Gasteiger charge is -2.25. The predicted molar refractivity (Wildman–Crippen MR) is 89.0 cm³/mol. The molecule has 2 amide bonds. The van der Waals surface area contributed by atoms with E-state index >= 15 is 0 Å². The third-order valence-corrected chi connectivity index (χ3v) is 4.03. The minimum Gasteiger partial charge on any atom is -0.493 e. The van der Waals surface area contributed by atoms with E-state index in [0.717, 1.165) is 12.2 Å². The number of methoxy groups -OCH3 is 1. The zero-order chi connectivity index (χ0) is 16.8. The Hall–Kier alpha value is -2.47. The molecule has 2 heterocycles. The Morgan fingerprint density at radius 3 is 3.00 bits per heavy atom. The van der Waals surface area contributed by atoms with E-state index in [1.165, 1.54) is 5.56 Å². The van der Waals surface area contributed by atoms with Crippen molar-refractivity contribution in [2.45, 2.75) is 12.5 Å². The fraction of sp³-hybridized carbons (Fsp3) is 0.389. The first kappa shape index (κ1) is 16.4. The Morgan fingerprint density at radius 1 is 1.33 bits per heavy atom. The average Bonchev–Trinajstić information content (AvgIpc) is 3.14. The molecule has 6 nitrogen and oxygen atoms in total. The highest BCUT2D eigenvalue weighted by Gasteiger charge is 2.21. The maximum atomic E-state index is 12.2. The summed E-state index contributed by atoms with van der Waals surface area (Å²) in [6, 6.07) is 11.1. The molecular formula is C18H22N2O4. The van der Waals surface area contributed by atoms with Crippen molar-refractivity contribution in [2.75, 3.05) is 26.9 Å². The quantitative estimate of drug-likeness (QED) is 0.854. The summed E-state index contributed by atoms with van der Waals surface area (Å²) in [6.07, 6.45) is 2.48. The summed E-state index contributed by atoms with van der Waals surface area (Å²) in [7, 11) is 1.59. The van der Waals surface area contributed by atoms with Crippen LogP contribution in [0.5, 0.6) is 5.75 Å². The van der Waals surface area contributed by atoms with Crippen molar-refractivity contribution in [3.05, 3.63) is 54.0 Å². The molecule has 0 aliphatic carbocycles. The Labute approximate surface area is 141 Å². The van der Waals surface area contributed by atoms with Crippen LogP contribution < -0.4 is 15.4 Å². The number of rotatable bonds is 6. The van der Waals surface area contributed by atoms with Crippen molar-refractivity contribution >= 4 is 6.03 Å². The van der Waals surface area contributed by atoms with Crippen molar-refractivity contribution in [1.82, 2.24) is 10.6 Å². The van der Waals surface area contributed by atoms with Gasteiger partial charge in [0.25, 0.3) is 0 Å². The molecule has 2 aromatic rings. The van der Waals surface area contributed by atoms with Gasteiger partial charge in [0, 0.05) is 19.6 Å². The lowest BCUT2D eigenvalue weighted by molar-refractivity contribution is 0.156. The molecule has 0 radical (unpaired) electrons. The first-order chi connectivity index (χ1) is 11.8. The normalized spacial score (nSPS) is 17.5. The summed E-state index contributed by atoms with van der Waals surface area (Å²) in [5.74, 6) is 1.87. The smallest absolute Gasteiger partial charge is 0.315 e. The molecule has 1 aliphatic rings. The van der Waals surface area contributed by atoms with Crippen LogP contribution in [0.25, 0.3) is 0 Å². The van der Waals surface area contributed by atoms with E-state index in [4.69, 9.17) is 13.9 Å². The van der Waals surface area contributed by atoms with Gasteiger partial charge >= 0.3 is 6.03 Å². The zero-order valence-corrected chi connectivity index (χ0v) is 13.7. The van der Waals surface area contributed by atoms with Gasteiger partial charge in [-0.15, -0.1) is 0 Å². The van der Waals surface area contributed by atoms with Gasteiger partial charge < -0.3 is 24.5 Å². The van der Waals surface area contributed by atoms with Crippen LogP contribution in [0.3, 0.4) is 0 Å². The highest BCUT2D eigenvalue weighted by molar-refractivity contribution is 5.74. The molecular weight excluding hydrogens is 308 g/mol. The number of fused-ring (bicyclic) bond motifs is 1. The van der Waals surface area contributed by atoms with E-state index in [2.05, 4.69) is 16.7 Å². The second-order valence-electron chi connectivity index (χ2n) is 5.87. The molecule has 2 atom stereocenters. The van der Waals surface area contributed by atoms with Gasteiger partial charge in [0.2, 0.25) is 0 Å². The molecule has 3 rings (SSSR count). The molecule has 1 aromatic carbocycles. The number of urea groups is 1. The lowest BCUT2D eigenvalue weighted by Crippen LogP contribution is -2.43. The number of hydrogen-bond donors (Lipinski definition) is 2. The lowest BCUT2D eigenvalue weighted by atomic mass is 9.97. The SMILES string of the molecule is COC[C@H](NC(=O)NC[C@H]1COc2ccccc2C1)c1ccco1. The second-order valence-corrected chi connectivity index (χ2v) is 5.87. The van der Waals surface area contributed by atoms with Crippen LogP contribution in [-0.4, -0.2) is 32.9 Å². The number of benzene rings is 1. The van der Waals surface area contributed by atoms with E-state index in [9.17, 15) is 4.79 Å². The Kier molecular flexibility index (Phi) is 5.38. The summed E-state index contributed by atoms with van der Waals surface area (Å²) in [6.45, 7) is 1.51. The highest BCUT2D eigenvalue weighted by atomic mass is 16.5. The summed E-state index contributed by atoms with van der Waals surface area (Å²) in [4.78, 5) is 12.2. The Balaban J connectivity index is 1.49. The Bertz CT molecular complexity index is 657. The van der Waals surface area contributed by atoms with Crippen molar-refractivity contribution in [3.8, 4) is 5.75 Å². The fourth-order valence-corrected chi connectivity index (χ4v) is 2.82. The maximum Gasteiger partial charge on any atom is 0.315 e. The van der Waals surface area contributed by atoms with Gasteiger partial charge in [-0.2, -0.15) is 0 Å². The van der Waals surface area contributed by atoms with E-state index in [1.54, 1.807) is 19.4 Å². The fourth-order valence-electron chi connectivity index (χ4n) is 2.82. The third-order valence-electron chi connectivity index (χ3n) is 4.03. The first-order valence-corrected chi connectivity index (χ1v) is 8.03. The highest BCUT2D eigenvalue weighted by Crippen LogP contribution is 2.26. The molecule has 0 saturated carbocycles. The summed E-state index contributed by atoms with van der Waals surface area (Å²) < 4.78 is 16.2. The van der Waals surface area contributed by atoms with Crippen molar-refractivity contribution < 1.29 is 18.7 Å². The summed E-state index contributed by atoms with van der Waals surface area (Å²) >= 11 is 0. The summed E-state index contributed by atoms with van der Waals surface area (Å²) in [5.41, 5.74) is 1.18. The molecule has 24 heavy (non-hydrogen) atoms. The van der Waals surface area contributed by atoms with Gasteiger partial charge in [-0.3, -0.25) is 0 Å². The molecule has 0 unspecified atom stereocenters. The largest absolute Gasteiger partial charge is 0.493 e. The van der Waals surface area contributed by atoms with E-state index in [1.807, 2.05) is 24.3 Å². The minimum atomic E-state index is -0.312. The zero-order valence-electron chi connectivity index (χ0n) is 13.7. The Morgan fingerprint density at radius 2 is 2.21 bits per heavy atom. The predicted octanol–water partition coefficient (Wildman–Crippen LogP) is 2.52. The molecule has 0 bridgehead atoms. The minimum absolute atomic E-state index is 0.243. The number of carbonyl (C=O) groups excluding carboxylic acids is 1. The van der Waals surface area contributed by atoms with Crippen LogP contribution in [0, 0.1) is 5.92 Å². The number of nitrogens with one attached hydrogen (secondary N) is 2. The molecule has 1 aromatic heterocycles. The standard InChI is InChI=1S/C18H22N2O4/c1-22-12-15(17-7-4-8-23-17)20-18(21)19-10-13-9-14-5-2-3-6-16(14)24-11-13/h2-8,13,15H,9-12H2,1H3,(H2,19,20,21)/t13-,15-/m0/s1. The second kappa shape index (κ2) is 7.88. The number of amides is 2. The molecule has 2 N–H and O–H groups in total. The summed E-state index contributed by atoms with van der Waals surface area (Å²) in [5, 5.41) is 5.78. The third kappa shape index (κ3) is 4.08. The molecule has 0 fully saturated rings. The van der Waals surface area contributed by atoms with Gasteiger partial charge in [0.1, 0.15) is 17.6 Å². The molecule has 0 spiro atoms. The maximum absolute atomic E-state index is 12.2. The van der Waals surface area contributed by atoms with Gasteiger partial charge in [-0.05, 0) is 30.2 Å². The first-order valence-electron chi connectivity index (χ1n) is 8.03. The number of carbonyl (C=O) groups is 1. The van der Waals surface area contributed by atoms with Crippen LogP contribution in [0.15, 0.2) is 47.1 Å². The van der Waals surface area contributed by atoms with E-state index in [0.29, 0.717) is 25.5 Å². The number of para-hydroxylation sites is 1. The number of ether oxygens (including phenoxy) is 2. The number of hydrogen-bond acceptors (Lipinski definition) is 4. The topological polar surface area (TPSA) is 72.7 Å². The van der Waals surface area contributed by atoms with E-state index in [-0.39, 0.29) is 18.0 Å². The van der Waals surface area contributed by atoms with Crippen LogP contribution in [0.2, 0.25) is 0 Å². The van der Waals surface area contributed by atoms with Gasteiger partial charge in [-0.25, -0.2) is 4.79 Å². The number of furan rings is 1. The average molecular weight is 330 g/mol. The van der Waals surface area contributed by atoms with E-state index < -0.39 is 0 Å². The van der Waals surface area contributed by atoms with Gasteiger partial charge in [0.05, 0.1) is 19.5 Å². The molecule has 128 valence electrons. The van der Waals surface area contributed by atoms with Crippen LogP contribution in [-0.2, 0) is 11.2 Å². The molecule has 1 aliphatic heterocycles. The van der Waals surface area contributed by atoms with Crippen LogP contribution in [0.1, 0.15) is 17.4 Å². The van der Waals surface area contributed by atoms with Crippen molar-refractivity contribution in [3.63, 3.8) is 0 Å².